The summed E-state index contributed by atoms with van der Waals surface area (Å²) in [4.78, 5) is 0. The highest BCUT2D eigenvalue weighted by molar-refractivity contribution is 6.30. The van der Waals surface area contributed by atoms with Crippen molar-refractivity contribution in [2.75, 3.05) is 6.61 Å². The Hall–Kier alpha value is -1.42. The summed E-state index contributed by atoms with van der Waals surface area (Å²) in [7, 11) is 0. The molecule has 1 aromatic carbocycles. The van der Waals surface area contributed by atoms with Crippen molar-refractivity contribution in [3.8, 4) is 5.75 Å². The van der Waals surface area contributed by atoms with Gasteiger partial charge >= 0.3 is 0 Å². The van der Waals surface area contributed by atoms with Crippen molar-refractivity contribution in [3.63, 3.8) is 0 Å². The van der Waals surface area contributed by atoms with Crippen molar-refractivity contribution in [1.82, 2.24) is 0 Å². The largest absolute Gasteiger partial charge is 0.494 e. The van der Waals surface area contributed by atoms with Crippen LogP contribution in [-0.4, -0.2) is 17.6 Å². The molecule has 5 heteroatoms. The minimum absolute atomic E-state index is 0.253. The van der Waals surface area contributed by atoms with Gasteiger partial charge in [0.15, 0.2) is 0 Å². The first kappa shape index (κ1) is 12.6. The smallest absolute Gasteiger partial charge is 0.139 e. The third-order valence-electron chi connectivity index (χ3n) is 2.02. The van der Waals surface area contributed by atoms with Gasteiger partial charge in [0.05, 0.1) is 6.61 Å². The molecule has 0 saturated carbocycles. The monoisotopic (exact) mass is 242 g/mol. The van der Waals surface area contributed by atoms with E-state index in [4.69, 9.17) is 27.3 Å². The Morgan fingerprint density at radius 1 is 1.44 bits per heavy atom. The second kappa shape index (κ2) is 6.95. The van der Waals surface area contributed by atoms with Crippen LogP contribution in [0.2, 0.25) is 5.02 Å². The second-order valence-electron chi connectivity index (χ2n) is 3.35. The zero-order valence-corrected chi connectivity index (χ0v) is 9.65. The van der Waals surface area contributed by atoms with E-state index in [0.717, 1.165) is 18.6 Å². The molecule has 0 aliphatic rings. The first-order valence-electron chi connectivity index (χ1n) is 5.07. The lowest BCUT2D eigenvalue weighted by Gasteiger charge is -2.05. The number of ether oxygens (including phenoxy) is 1. The van der Waals surface area contributed by atoms with Gasteiger partial charge in [0, 0.05) is 11.4 Å². The van der Waals surface area contributed by atoms with E-state index < -0.39 is 0 Å². The first-order valence-corrected chi connectivity index (χ1v) is 5.45. The number of nitrogens with zero attached hydrogens (tertiary/aromatic N) is 1. The van der Waals surface area contributed by atoms with E-state index in [1.807, 2.05) is 12.1 Å². The molecule has 1 aromatic rings. The van der Waals surface area contributed by atoms with Gasteiger partial charge in [-0.2, -0.15) is 0 Å². The number of oxime groups is 1. The third-order valence-corrected chi connectivity index (χ3v) is 2.26. The fourth-order valence-corrected chi connectivity index (χ4v) is 1.39. The maximum absolute atomic E-state index is 8.32. The molecular formula is C11H15ClN2O2. The van der Waals surface area contributed by atoms with Crippen molar-refractivity contribution < 1.29 is 9.94 Å². The molecule has 88 valence electrons. The minimum Gasteiger partial charge on any atom is -0.494 e. The predicted octanol–water partition coefficient (Wildman–Crippen LogP) is 2.64. The summed E-state index contributed by atoms with van der Waals surface area (Å²) in [5.41, 5.74) is 5.33. The number of halogens is 1. The Bertz CT molecular complexity index is 356. The summed E-state index contributed by atoms with van der Waals surface area (Å²) in [6.45, 7) is 0.596. The fraction of sp³-hybridized carbons (Fsp3) is 0.364. The average molecular weight is 243 g/mol. The molecule has 0 heterocycles. The lowest BCUT2D eigenvalue weighted by atomic mass is 10.2. The van der Waals surface area contributed by atoms with Gasteiger partial charge in [0.2, 0.25) is 0 Å². The Labute approximate surface area is 99.7 Å². The molecule has 0 saturated heterocycles. The molecule has 0 fully saturated rings. The van der Waals surface area contributed by atoms with Crippen LogP contribution in [0.15, 0.2) is 29.4 Å². The molecule has 0 aliphatic carbocycles. The highest BCUT2D eigenvalue weighted by Crippen LogP contribution is 2.17. The molecular weight excluding hydrogens is 228 g/mol. The number of hydrogen-bond donors (Lipinski definition) is 2. The lowest BCUT2D eigenvalue weighted by Crippen LogP contribution is -2.11. The predicted molar refractivity (Wildman–Crippen MR) is 64.2 cm³/mol. The number of unbranched alkanes of at least 4 members (excludes halogenated alkanes) is 1. The van der Waals surface area contributed by atoms with E-state index in [2.05, 4.69) is 5.16 Å². The van der Waals surface area contributed by atoms with Crippen LogP contribution in [0.4, 0.5) is 0 Å². The molecule has 0 radical (unpaired) electrons. The molecule has 0 unspecified atom stereocenters. The van der Waals surface area contributed by atoms with E-state index >= 15 is 0 Å². The quantitative estimate of drug-likeness (QED) is 0.265. The zero-order chi connectivity index (χ0) is 11.8. The first-order chi connectivity index (χ1) is 7.72. The van der Waals surface area contributed by atoms with Gasteiger partial charge in [0.1, 0.15) is 11.6 Å². The standard InChI is InChI=1S/C11H15ClN2O2/c12-9-4-3-5-10(8-9)16-7-2-1-6-11(13)14-15/h3-5,8,15H,1-2,6-7H2,(H2,13,14). The van der Waals surface area contributed by atoms with Crippen molar-refractivity contribution in [1.29, 1.82) is 0 Å². The Kier molecular flexibility index (Phi) is 5.50. The molecule has 0 atom stereocenters. The molecule has 0 aromatic heterocycles. The second-order valence-corrected chi connectivity index (χ2v) is 3.79. The highest BCUT2D eigenvalue weighted by Gasteiger charge is 1.96. The number of nitrogens with two attached hydrogens (primary N) is 1. The Morgan fingerprint density at radius 3 is 2.94 bits per heavy atom. The van der Waals surface area contributed by atoms with Crippen LogP contribution >= 0.6 is 11.6 Å². The molecule has 16 heavy (non-hydrogen) atoms. The fourth-order valence-electron chi connectivity index (χ4n) is 1.20. The molecule has 0 bridgehead atoms. The summed E-state index contributed by atoms with van der Waals surface area (Å²) in [5, 5.41) is 11.9. The SMILES string of the molecule is NC(CCCCOc1cccc(Cl)c1)=NO. The van der Waals surface area contributed by atoms with Crippen LogP contribution in [-0.2, 0) is 0 Å². The van der Waals surface area contributed by atoms with Crippen LogP contribution in [0, 0.1) is 0 Å². The van der Waals surface area contributed by atoms with Gasteiger partial charge in [-0.1, -0.05) is 22.8 Å². The summed E-state index contributed by atoms with van der Waals surface area (Å²) >= 11 is 5.81. The molecule has 1 rings (SSSR count). The molecule has 4 nitrogen and oxygen atoms in total. The van der Waals surface area contributed by atoms with Crippen molar-refractivity contribution in [2.45, 2.75) is 19.3 Å². The van der Waals surface area contributed by atoms with Crippen LogP contribution in [0.25, 0.3) is 0 Å². The van der Waals surface area contributed by atoms with E-state index in [0.29, 0.717) is 18.1 Å². The van der Waals surface area contributed by atoms with Gasteiger partial charge < -0.3 is 15.7 Å². The van der Waals surface area contributed by atoms with Crippen LogP contribution < -0.4 is 10.5 Å². The Balaban J connectivity index is 2.16. The van der Waals surface area contributed by atoms with E-state index in [1.165, 1.54) is 0 Å². The van der Waals surface area contributed by atoms with Crippen molar-refractivity contribution >= 4 is 17.4 Å². The third kappa shape index (κ3) is 4.89. The van der Waals surface area contributed by atoms with E-state index in [1.54, 1.807) is 12.1 Å². The number of amidine groups is 1. The highest BCUT2D eigenvalue weighted by atomic mass is 35.5. The number of benzene rings is 1. The molecule has 0 spiro atoms. The van der Waals surface area contributed by atoms with Crippen molar-refractivity contribution in [3.05, 3.63) is 29.3 Å². The zero-order valence-electron chi connectivity index (χ0n) is 8.90. The van der Waals surface area contributed by atoms with Crippen LogP contribution in [0.5, 0.6) is 5.75 Å². The van der Waals surface area contributed by atoms with Crippen LogP contribution in [0.3, 0.4) is 0 Å². The summed E-state index contributed by atoms with van der Waals surface area (Å²) < 4.78 is 5.47. The summed E-state index contributed by atoms with van der Waals surface area (Å²) in [5.74, 6) is 1.01. The van der Waals surface area contributed by atoms with Crippen LogP contribution in [0.1, 0.15) is 19.3 Å². The minimum atomic E-state index is 0.253. The lowest BCUT2D eigenvalue weighted by molar-refractivity contribution is 0.304. The van der Waals surface area contributed by atoms with Gasteiger partial charge in [-0.15, -0.1) is 0 Å². The van der Waals surface area contributed by atoms with Gasteiger partial charge in [-0.25, -0.2) is 0 Å². The van der Waals surface area contributed by atoms with Gasteiger partial charge in [-0.3, -0.25) is 0 Å². The topological polar surface area (TPSA) is 67.8 Å². The van der Waals surface area contributed by atoms with E-state index in [-0.39, 0.29) is 5.84 Å². The maximum atomic E-state index is 8.32. The average Bonchev–Trinajstić information content (AvgIpc) is 2.28. The summed E-state index contributed by atoms with van der Waals surface area (Å²) in [6.07, 6.45) is 2.26. The number of rotatable bonds is 6. The number of hydrogen-bond acceptors (Lipinski definition) is 3. The Morgan fingerprint density at radius 2 is 2.25 bits per heavy atom. The summed E-state index contributed by atoms with van der Waals surface area (Å²) in [6, 6.07) is 7.27. The van der Waals surface area contributed by atoms with Gasteiger partial charge in [0.25, 0.3) is 0 Å². The molecule has 0 amide bonds. The molecule has 3 N–H and O–H groups in total. The maximum Gasteiger partial charge on any atom is 0.139 e. The van der Waals surface area contributed by atoms with E-state index in [9.17, 15) is 0 Å². The molecule has 0 aliphatic heterocycles. The van der Waals surface area contributed by atoms with Crippen molar-refractivity contribution in [2.24, 2.45) is 10.9 Å². The van der Waals surface area contributed by atoms with Gasteiger partial charge in [-0.05, 0) is 31.0 Å². The normalized spacial score (nSPS) is 11.4.